The molecule has 1 unspecified atom stereocenters. The number of carbonyl (C=O) groups excluding carboxylic acids is 2. The lowest BCUT2D eigenvalue weighted by atomic mass is 9.88. The molecule has 1 aromatic carbocycles. The van der Waals surface area contributed by atoms with Crippen LogP contribution in [0.4, 0.5) is 5.00 Å². The molecule has 5 nitrogen and oxygen atoms in total. The number of esters is 1. The molecule has 1 aliphatic rings. The van der Waals surface area contributed by atoms with Gasteiger partial charge in [0.1, 0.15) is 10.8 Å². The second kappa shape index (κ2) is 10.7. The summed E-state index contributed by atoms with van der Waals surface area (Å²) in [6, 6.07) is 5.02. The van der Waals surface area contributed by atoms with Crippen molar-refractivity contribution in [3.05, 3.63) is 44.2 Å². The molecule has 0 aliphatic heterocycles. The normalized spacial score (nSPS) is 15.5. The van der Waals surface area contributed by atoms with Crippen LogP contribution in [0.15, 0.2) is 18.2 Å². The monoisotopic (exact) mass is 483 g/mol. The van der Waals surface area contributed by atoms with Crippen molar-refractivity contribution in [1.82, 2.24) is 0 Å². The Hall–Kier alpha value is -1.76. The largest absolute Gasteiger partial charge is 0.492 e. The maximum Gasteiger partial charge on any atom is 0.341 e. The number of carbonyl (C=O) groups is 2. The Morgan fingerprint density at radius 3 is 2.77 bits per heavy atom. The number of anilines is 1. The molecule has 0 fully saturated rings. The molecule has 3 rings (SSSR count). The van der Waals surface area contributed by atoms with Crippen molar-refractivity contribution in [2.24, 2.45) is 5.92 Å². The minimum absolute atomic E-state index is 0.156. The lowest BCUT2D eigenvalue weighted by Crippen LogP contribution is -2.18. The highest BCUT2D eigenvalue weighted by atomic mass is 35.5. The van der Waals surface area contributed by atoms with Crippen LogP contribution in [0.1, 0.15) is 60.8 Å². The average Bonchev–Trinajstić information content (AvgIpc) is 3.02. The molecule has 1 atom stereocenters. The predicted molar refractivity (Wildman–Crippen MR) is 126 cm³/mol. The van der Waals surface area contributed by atoms with Gasteiger partial charge in [-0.1, -0.05) is 30.1 Å². The van der Waals surface area contributed by atoms with Gasteiger partial charge in [-0.3, -0.25) is 4.79 Å². The molecule has 0 spiro atoms. The summed E-state index contributed by atoms with van der Waals surface area (Å²) in [6.45, 7) is 6.20. The van der Waals surface area contributed by atoms with Gasteiger partial charge in [0.25, 0.3) is 0 Å². The van der Waals surface area contributed by atoms with Crippen molar-refractivity contribution in [1.29, 1.82) is 0 Å². The smallest absolute Gasteiger partial charge is 0.341 e. The molecule has 0 saturated heterocycles. The summed E-state index contributed by atoms with van der Waals surface area (Å²) in [7, 11) is 0. The van der Waals surface area contributed by atoms with Gasteiger partial charge in [-0.15, -0.1) is 11.3 Å². The molecule has 1 heterocycles. The second-order valence-electron chi connectivity index (χ2n) is 8.08. The van der Waals surface area contributed by atoms with Crippen molar-refractivity contribution in [2.75, 3.05) is 11.9 Å². The Kier molecular flexibility index (Phi) is 8.25. The Morgan fingerprint density at radius 2 is 2.06 bits per heavy atom. The summed E-state index contributed by atoms with van der Waals surface area (Å²) >= 11 is 13.5. The number of ether oxygens (including phenoxy) is 2. The number of rotatable bonds is 8. The van der Waals surface area contributed by atoms with Crippen LogP contribution in [0.2, 0.25) is 10.0 Å². The highest BCUT2D eigenvalue weighted by Gasteiger charge is 2.29. The maximum atomic E-state index is 12.7. The molecule has 2 aromatic rings. The Labute approximate surface area is 197 Å². The number of halogens is 2. The summed E-state index contributed by atoms with van der Waals surface area (Å²) in [6.07, 6.45) is 3.35. The highest BCUT2D eigenvalue weighted by Crippen LogP contribution is 2.40. The van der Waals surface area contributed by atoms with E-state index in [0.29, 0.717) is 45.3 Å². The Morgan fingerprint density at radius 1 is 1.29 bits per heavy atom. The second-order valence-corrected chi connectivity index (χ2v) is 10.0. The fourth-order valence-corrected chi connectivity index (χ4v) is 5.40. The van der Waals surface area contributed by atoms with Crippen LogP contribution in [0, 0.1) is 5.92 Å². The first-order valence-corrected chi connectivity index (χ1v) is 12.0. The molecule has 31 heavy (non-hydrogen) atoms. The van der Waals surface area contributed by atoms with E-state index < -0.39 is 0 Å². The SMILES string of the molecule is CC1CCc2c(sc(NC(=O)CCCOc3ccc(Cl)cc3Cl)c2C(=O)OC(C)C)C1. The van der Waals surface area contributed by atoms with Gasteiger partial charge in [-0.05, 0) is 69.2 Å². The van der Waals surface area contributed by atoms with Crippen molar-refractivity contribution >= 4 is 51.4 Å². The maximum absolute atomic E-state index is 12.7. The zero-order valence-corrected chi connectivity index (χ0v) is 20.3. The quantitative estimate of drug-likeness (QED) is 0.341. The Balaban J connectivity index is 1.61. The van der Waals surface area contributed by atoms with Crippen LogP contribution in [0.3, 0.4) is 0 Å². The number of hydrogen-bond donors (Lipinski definition) is 1. The van der Waals surface area contributed by atoms with E-state index in [4.69, 9.17) is 32.7 Å². The molecule has 1 N–H and O–H groups in total. The van der Waals surface area contributed by atoms with E-state index in [1.165, 1.54) is 16.2 Å². The molecule has 168 valence electrons. The van der Waals surface area contributed by atoms with Gasteiger partial charge in [0.2, 0.25) is 5.91 Å². The van der Waals surface area contributed by atoms with Gasteiger partial charge in [0.15, 0.2) is 0 Å². The van der Waals surface area contributed by atoms with E-state index in [2.05, 4.69) is 12.2 Å². The van der Waals surface area contributed by atoms with Gasteiger partial charge in [0.05, 0.1) is 23.3 Å². The lowest BCUT2D eigenvalue weighted by molar-refractivity contribution is -0.116. The van der Waals surface area contributed by atoms with E-state index in [-0.39, 0.29) is 24.4 Å². The predicted octanol–water partition coefficient (Wildman–Crippen LogP) is 6.54. The first kappa shape index (κ1) is 23.9. The highest BCUT2D eigenvalue weighted by molar-refractivity contribution is 7.17. The third-order valence-corrected chi connectivity index (χ3v) is 6.71. The standard InChI is InChI=1S/C23H27Cl2NO4S/c1-13(2)30-23(28)21-16-8-6-14(3)11-19(16)31-22(21)26-20(27)5-4-10-29-18-9-7-15(24)12-17(18)25/h7,9,12-14H,4-6,8,10-11H2,1-3H3,(H,26,27). The van der Waals surface area contributed by atoms with E-state index in [1.807, 2.05) is 13.8 Å². The van der Waals surface area contributed by atoms with Crippen LogP contribution >= 0.6 is 34.5 Å². The summed E-state index contributed by atoms with van der Waals surface area (Å²) < 4.78 is 11.1. The van der Waals surface area contributed by atoms with Gasteiger partial charge in [-0.2, -0.15) is 0 Å². The number of amides is 1. The van der Waals surface area contributed by atoms with E-state index in [9.17, 15) is 9.59 Å². The summed E-state index contributed by atoms with van der Waals surface area (Å²) in [4.78, 5) is 26.5. The summed E-state index contributed by atoms with van der Waals surface area (Å²) in [5, 5.41) is 4.50. The number of nitrogens with one attached hydrogen (secondary N) is 1. The van der Waals surface area contributed by atoms with Gasteiger partial charge in [-0.25, -0.2) is 4.79 Å². The molecule has 1 aromatic heterocycles. The van der Waals surface area contributed by atoms with E-state index in [1.54, 1.807) is 18.2 Å². The van der Waals surface area contributed by atoms with E-state index >= 15 is 0 Å². The zero-order chi connectivity index (χ0) is 22.5. The van der Waals surface area contributed by atoms with Gasteiger partial charge < -0.3 is 14.8 Å². The van der Waals surface area contributed by atoms with Crippen LogP contribution in [-0.2, 0) is 22.4 Å². The van der Waals surface area contributed by atoms with Crippen LogP contribution in [0.25, 0.3) is 0 Å². The molecule has 0 bridgehead atoms. The van der Waals surface area contributed by atoms with Gasteiger partial charge in [0, 0.05) is 16.3 Å². The fourth-order valence-electron chi connectivity index (χ4n) is 3.52. The van der Waals surface area contributed by atoms with E-state index in [0.717, 1.165) is 24.8 Å². The van der Waals surface area contributed by atoms with Crippen LogP contribution in [0.5, 0.6) is 5.75 Å². The van der Waals surface area contributed by atoms with Crippen LogP contribution < -0.4 is 10.1 Å². The molecular formula is C23H27Cl2NO4S. The van der Waals surface area contributed by atoms with Crippen molar-refractivity contribution in [2.45, 2.75) is 59.0 Å². The summed E-state index contributed by atoms with van der Waals surface area (Å²) in [5.74, 6) is 0.583. The van der Waals surface area contributed by atoms with Crippen molar-refractivity contribution in [3.8, 4) is 5.75 Å². The fraction of sp³-hybridized carbons (Fsp3) is 0.478. The molecule has 8 heteroatoms. The van der Waals surface area contributed by atoms with Crippen molar-refractivity contribution in [3.63, 3.8) is 0 Å². The Bertz CT molecular complexity index is 957. The lowest BCUT2D eigenvalue weighted by Gasteiger charge is -2.18. The zero-order valence-electron chi connectivity index (χ0n) is 17.9. The molecule has 0 radical (unpaired) electrons. The molecule has 1 aliphatic carbocycles. The molecule has 1 amide bonds. The minimum Gasteiger partial charge on any atom is -0.492 e. The molecule has 0 saturated carbocycles. The number of benzene rings is 1. The third kappa shape index (κ3) is 6.37. The van der Waals surface area contributed by atoms with Crippen molar-refractivity contribution < 1.29 is 19.1 Å². The number of hydrogen-bond acceptors (Lipinski definition) is 5. The first-order valence-electron chi connectivity index (χ1n) is 10.5. The number of fused-ring (bicyclic) bond motifs is 1. The number of thiophene rings is 1. The van der Waals surface area contributed by atoms with Gasteiger partial charge >= 0.3 is 5.97 Å². The summed E-state index contributed by atoms with van der Waals surface area (Å²) in [5.41, 5.74) is 1.56. The first-order chi connectivity index (χ1) is 14.7. The topological polar surface area (TPSA) is 64.6 Å². The average molecular weight is 484 g/mol. The minimum atomic E-state index is -0.363. The van der Waals surface area contributed by atoms with Crippen LogP contribution in [-0.4, -0.2) is 24.6 Å². The third-order valence-electron chi connectivity index (χ3n) is 5.01. The molecular weight excluding hydrogens is 457 g/mol.